The molecule has 4 rings (SSSR count). The van der Waals surface area contributed by atoms with E-state index in [1.807, 2.05) is 53.7 Å². The average molecular weight is 577 g/mol. The van der Waals surface area contributed by atoms with Crippen LogP contribution < -0.4 is 9.47 Å². The van der Waals surface area contributed by atoms with E-state index in [4.69, 9.17) is 40.0 Å². The number of aromatic nitrogens is 1. The molecule has 0 spiro atoms. The van der Waals surface area contributed by atoms with E-state index in [9.17, 15) is 4.79 Å². The number of hydrogen-bond donors (Lipinski definition) is 0. The normalized spacial score (nSPS) is 21.3. The molecule has 2 fully saturated rings. The van der Waals surface area contributed by atoms with Gasteiger partial charge in [0.05, 0.1) is 36.0 Å². The first-order valence-electron chi connectivity index (χ1n) is 13.7. The van der Waals surface area contributed by atoms with Crippen LogP contribution in [0.5, 0.6) is 11.5 Å². The Bertz CT molecular complexity index is 1160. The number of pyridine rings is 1. The Morgan fingerprint density at radius 3 is 2.35 bits per heavy atom. The second-order valence-corrected chi connectivity index (χ2v) is 12.3. The zero-order valence-electron chi connectivity index (χ0n) is 24.3. The Kier molecular flexibility index (Phi) is 9.62. The van der Waals surface area contributed by atoms with E-state index in [-0.39, 0.29) is 23.9 Å². The van der Waals surface area contributed by atoms with E-state index in [1.165, 1.54) is 0 Å². The summed E-state index contributed by atoms with van der Waals surface area (Å²) in [6, 6.07) is 8.80. The van der Waals surface area contributed by atoms with Crippen molar-refractivity contribution in [2.45, 2.75) is 70.9 Å². The second kappa shape index (κ2) is 12.6. The van der Waals surface area contributed by atoms with Gasteiger partial charge in [0, 0.05) is 24.7 Å². The van der Waals surface area contributed by atoms with Gasteiger partial charge in [0.2, 0.25) is 0 Å². The molecule has 3 heterocycles. The van der Waals surface area contributed by atoms with Crippen molar-refractivity contribution in [3.8, 4) is 11.5 Å². The number of amides is 1. The molecule has 2 aliphatic heterocycles. The summed E-state index contributed by atoms with van der Waals surface area (Å²) in [6.45, 7) is 14.5. The minimum absolute atomic E-state index is 0.118. The summed E-state index contributed by atoms with van der Waals surface area (Å²) in [6.07, 6.45) is 1.84. The van der Waals surface area contributed by atoms with Crippen molar-refractivity contribution in [1.82, 2.24) is 9.88 Å². The van der Waals surface area contributed by atoms with E-state index in [0.717, 1.165) is 0 Å². The zero-order chi connectivity index (χ0) is 29.0. The van der Waals surface area contributed by atoms with Crippen LogP contribution in [0.3, 0.4) is 0 Å². The molecule has 0 radical (unpaired) electrons. The van der Waals surface area contributed by atoms with Crippen LogP contribution in [-0.4, -0.2) is 79.4 Å². The molecule has 1 aromatic carbocycles. The number of benzene rings is 1. The zero-order valence-corrected chi connectivity index (χ0v) is 25.1. The maximum atomic E-state index is 13.4. The highest BCUT2D eigenvalue weighted by Gasteiger charge is 2.53. The molecule has 10 heteroatoms. The first-order chi connectivity index (χ1) is 18.9. The Morgan fingerprint density at radius 1 is 1.02 bits per heavy atom. The third-order valence-corrected chi connectivity index (χ3v) is 6.93. The quantitative estimate of drug-likeness (QED) is 0.355. The van der Waals surface area contributed by atoms with Crippen molar-refractivity contribution in [2.75, 3.05) is 46.3 Å². The number of nitrogens with zero attached hydrogens (tertiary/aromatic N) is 2. The van der Waals surface area contributed by atoms with Crippen LogP contribution in [0.2, 0.25) is 5.02 Å². The molecular weight excluding hydrogens is 536 g/mol. The maximum Gasteiger partial charge on any atom is 0.254 e. The highest BCUT2D eigenvalue weighted by Crippen LogP contribution is 2.45. The molecule has 1 amide bonds. The summed E-state index contributed by atoms with van der Waals surface area (Å²) >= 11 is 6.45. The van der Waals surface area contributed by atoms with Crippen LogP contribution in [-0.2, 0) is 24.5 Å². The first kappa shape index (κ1) is 30.5. The van der Waals surface area contributed by atoms with E-state index in [1.54, 1.807) is 29.3 Å². The molecule has 2 aromatic rings. The molecule has 0 aliphatic carbocycles. The van der Waals surface area contributed by atoms with Crippen molar-refractivity contribution in [2.24, 2.45) is 0 Å². The molecule has 0 bridgehead atoms. The third kappa shape index (κ3) is 7.64. The standard InChI is InChI=1S/C30H41ClN2O7/c1-28(2,3)38-16-14-35-23-10-9-21(18-22(23)31)27(34)33-13-11-30(25(19-33)37-20-40-30)26-24(8-7-12-32-26)36-15-17-39-29(4,5)6/h7-10,12,18,25H,11,13-17,19-20H2,1-6H3/t25-,30?/m1/s1. The van der Waals surface area contributed by atoms with Crippen molar-refractivity contribution < 1.29 is 33.2 Å². The number of fused-ring (bicyclic) bond motifs is 1. The van der Waals surface area contributed by atoms with E-state index in [2.05, 4.69) is 4.98 Å². The summed E-state index contributed by atoms with van der Waals surface area (Å²) in [5.41, 5.74) is -0.125. The lowest BCUT2D eigenvalue weighted by Crippen LogP contribution is -2.54. The Labute approximate surface area is 242 Å². The van der Waals surface area contributed by atoms with Crippen LogP contribution in [0.15, 0.2) is 36.5 Å². The molecule has 0 saturated carbocycles. The fraction of sp³-hybridized carbons (Fsp3) is 0.600. The van der Waals surface area contributed by atoms with Gasteiger partial charge in [-0.15, -0.1) is 0 Å². The summed E-state index contributed by atoms with van der Waals surface area (Å²) in [5, 5.41) is 0.374. The van der Waals surface area contributed by atoms with Crippen LogP contribution in [0.25, 0.3) is 0 Å². The van der Waals surface area contributed by atoms with Crippen LogP contribution in [0.4, 0.5) is 0 Å². The highest BCUT2D eigenvalue weighted by atomic mass is 35.5. The predicted octanol–water partition coefficient (Wildman–Crippen LogP) is 5.24. The highest BCUT2D eigenvalue weighted by molar-refractivity contribution is 6.32. The second-order valence-electron chi connectivity index (χ2n) is 11.9. The molecule has 40 heavy (non-hydrogen) atoms. The van der Waals surface area contributed by atoms with E-state index < -0.39 is 11.7 Å². The lowest BCUT2D eigenvalue weighted by Gasteiger charge is -2.41. The molecule has 2 atom stereocenters. The van der Waals surface area contributed by atoms with Gasteiger partial charge in [-0.3, -0.25) is 9.78 Å². The van der Waals surface area contributed by atoms with Gasteiger partial charge in [0.25, 0.3) is 5.91 Å². The number of carbonyl (C=O) groups excluding carboxylic acids is 1. The molecular formula is C30H41ClN2O7. The first-order valence-corrected chi connectivity index (χ1v) is 14.1. The number of piperidine rings is 1. The summed E-state index contributed by atoms with van der Waals surface area (Å²) in [5.74, 6) is 1.01. The molecule has 2 aliphatic rings. The number of ether oxygens (including phenoxy) is 6. The van der Waals surface area contributed by atoms with E-state index in [0.29, 0.717) is 73.7 Å². The van der Waals surface area contributed by atoms with Gasteiger partial charge < -0.3 is 33.3 Å². The SMILES string of the molecule is CC(C)(C)OCCOc1ccc(C(=O)N2CCC3(c4ncccc4OCCOC(C)(C)C)OCO[C@@H]3C2)cc1Cl. The molecule has 220 valence electrons. The number of halogens is 1. The van der Waals surface area contributed by atoms with Gasteiger partial charge in [-0.1, -0.05) is 11.6 Å². The monoisotopic (exact) mass is 576 g/mol. The molecule has 1 aromatic heterocycles. The van der Waals surface area contributed by atoms with Gasteiger partial charge in [-0.05, 0) is 71.9 Å². The minimum atomic E-state index is -0.803. The van der Waals surface area contributed by atoms with Crippen molar-refractivity contribution in [1.29, 1.82) is 0 Å². The van der Waals surface area contributed by atoms with Crippen molar-refractivity contribution >= 4 is 17.5 Å². The Morgan fingerprint density at radius 2 is 1.70 bits per heavy atom. The number of rotatable bonds is 10. The van der Waals surface area contributed by atoms with Crippen molar-refractivity contribution in [3.63, 3.8) is 0 Å². The van der Waals surface area contributed by atoms with Crippen LogP contribution >= 0.6 is 11.6 Å². The van der Waals surface area contributed by atoms with Crippen molar-refractivity contribution in [3.05, 3.63) is 52.8 Å². The minimum Gasteiger partial charge on any atom is -0.490 e. The topological polar surface area (TPSA) is 88.6 Å². The van der Waals surface area contributed by atoms with Gasteiger partial charge in [0.15, 0.2) is 0 Å². The Hall–Kier alpha value is -2.43. The summed E-state index contributed by atoms with van der Waals surface area (Å²) in [4.78, 5) is 19.8. The lowest BCUT2D eigenvalue weighted by atomic mass is 9.84. The smallest absolute Gasteiger partial charge is 0.254 e. The maximum absolute atomic E-state index is 13.4. The lowest BCUT2D eigenvalue weighted by molar-refractivity contribution is -0.0502. The Balaban J connectivity index is 1.40. The van der Waals surface area contributed by atoms with E-state index >= 15 is 0 Å². The number of hydrogen-bond acceptors (Lipinski definition) is 8. The van der Waals surface area contributed by atoms with Crippen LogP contribution in [0, 0.1) is 0 Å². The molecule has 2 saturated heterocycles. The molecule has 1 unspecified atom stereocenters. The fourth-order valence-corrected chi connectivity index (χ4v) is 4.99. The predicted molar refractivity (Wildman–Crippen MR) is 151 cm³/mol. The molecule has 9 nitrogen and oxygen atoms in total. The average Bonchev–Trinajstić information content (AvgIpc) is 3.33. The van der Waals surface area contributed by atoms with Gasteiger partial charge >= 0.3 is 0 Å². The van der Waals surface area contributed by atoms with Gasteiger partial charge in [0.1, 0.15) is 48.9 Å². The van der Waals surface area contributed by atoms with Crippen LogP contribution in [0.1, 0.15) is 64.0 Å². The third-order valence-electron chi connectivity index (χ3n) is 6.63. The van der Waals surface area contributed by atoms with Gasteiger partial charge in [-0.25, -0.2) is 0 Å². The summed E-state index contributed by atoms with van der Waals surface area (Å²) in [7, 11) is 0. The van der Waals surface area contributed by atoms with Gasteiger partial charge in [-0.2, -0.15) is 0 Å². The number of carbonyl (C=O) groups is 1. The molecule has 0 N–H and O–H groups in total. The largest absolute Gasteiger partial charge is 0.490 e. The fourth-order valence-electron chi connectivity index (χ4n) is 4.76. The summed E-state index contributed by atoms with van der Waals surface area (Å²) < 4.78 is 35.5. The number of likely N-dealkylation sites (tertiary alicyclic amines) is 1.